The first-order valence-electron chi connectivity index (χ1n) is 10.6. The van der Waals surface area contributed by atoms with Gasteiger partial charge in [-0.25, -0.2) is 0 Å². The fourth-order valence-corrected chi connectivity index (χ4v) is 5.03. The highest BCUT2D eigenvalue weighted by atomic mass is 16.2. The Morgan fingerprint density at radius 1 is 1.10 bits per heavy atom. The van der Waals surface area contributed by atoms with Crippen LogP contribution in [0.25, 0.3) is 6.08 Å². The van der Waals surface area contributed by atoms with E-state index >= 15 is 0 Å². The number of hydrogen-bond acceptors (Lipinski definition) is 4. The number of amides is 2. The van der Waals surface area contributed by atoms with Crippen LogP contribution in [-0.2, 0) is 14.4 Å². The minimum Gasteiger partial charge on any atom is -0.353 e. The maximum Gasteiger partial charge on any atom is 0.235 e. The molecule has 2 saturated heterocycles. The summed E-state index contributed by atoms with van der Waals surface area (Å²) in [5.74, 6) is -1.36. The fourth-order valence-electron chi connectivity index (χ4n) is 5.03. The molecule has 0 bridgehead atoms. The molecule has 29 heavy (non-hydrogen) atoms. The van der Waals surface area contributed by atoms with Crippen molar-refractivity contribution in [3.63, 3.8) is 0 Å². The SMILES string of the molecule is CCCCN1C(=O)[C@@H]2[C@H](C1=O)[C@H]1C=Cc3cc(C)ccc3N1[C@H]2C(=O)C(C)(C)C. The Morgan fingerprint density at radius 2 is 1.79 bits per heavy atom. The van der Waals surface area contributed by atoms with Gasteiger partial charge in [0.05, 0.1) is 17.9 Å². The summed E-state index contributed by atoms with van der Waals surface area (Å²) in [6, 6.07) is 5.27. The second-order valence-corrected chi connectivity index (χ2v) is 9.61. The Labute approximate surface area is 172 Å². The average Bonchev–Trinajstić information content (AvgIpc) is 3.12. The van der Waals surface area contributed by atoms with Gasteiger partial charge in [0.2, 0.25) is 11.8 Å². The standard InChI is InChI=1S/C24H30N2O3/c1-6-7-12-25-22(28)18-17-11-9-15-13-14(2)8-10-16(15)26(17)20(19(18)23(25)29)21(27)24(3,4)5/h8-11,13,17-20H,6-7,12H2,1-5H3/t17-,18-,19-,20-/m1/s1. The maximum atomic E-state index is 13.6. The molecule has 3 aliphatic heterocycles. The molecule has 0 saturated carbocycles. The lowest BCUT2D eigenvalue weighted by Crippen LogP contribution is -2.51. The van der Waals surface area contributed by atoms with Gasteiger partial charge in [0.15, 0.2) is 5.78 Å². The van der Waals surface area contributed by atoms with E-state index in [1.807, 2.05) is 58.9 Å². The molecule has 1 aromatic carbocycles. The van der Waals surface area contributed by atoms with E-state index in [0.29, 0.717) is 6.54 Å². The molecule has 2 amide bonds. The fraction of sp³-hybridized carbons (Fsp3) is 0.542. The van der Waals surface area contributed by atoms with E-state index in [4.69, 9.17) is 0 Å². The predicted molar refractivity (Wildman–Crippen MR) is 113 cm³/mol. The van der Waals surface area contributed by atoms with E-state index in [0.717, 1.165) is 29.7 Å². The third-order valence-corrected chi connectivity index (χ3v) is 6.50. The van der Waals surface area contributed by atoms with Crippen LogP contribution in [0, 0.1) is 24.2 Å². The monoisotopic (exact) mass is 394 g/mol. The van der Waals surface area contributed by atoms with Crippen molar-refractivity contribution in [3.8, 4) is 0 Å². The number of benzene rings is 1. The number of carbonyl (C=O) groups is 3. The molecule has 0 aliphatic carbocycles. The number of nitrogens with zero attached hydrogens (tertiary/aromatic N) is 2. The summed E-state index contributed by atoms with van der Waals surface area (Å²) in [7, 11) is 0. The third kappa shape index (κ3) is 2.93. The number of Topliss-reactive ketones (excluding diaryl/α,β-unsaturated/α-hetero) is 1. The Bertz CT molecular complexity index is 911. The van der Waals surface area contributed by atoms with Crippen LogP contribution in [0.15, 0.2) is 24.3 Å². The second kappa shape index (κ2) is 6.82. The number of aryl methyl sites for hydroxylation is 1. The molecule has 2 fully saturated rings. The van der Waals surface area contributed by atoms with Gasteiger partial charge in [-0.15, -0.1) is 0 Å². The van der Waals surface area contributed by atoms with Gasteiger partial charge in [-0.1, -0.05) is 57.9 Å². The zero-order valence-electron chi connectivity index (χ0n) is 17.9. The number of unbranched alkanes of at least 4 members (excludes halogenated alkanes) is 1. The first kappa shape index (κ1) is 19.9. The molecule has 3 heterocycles. The maximum absolute atomic E-state index is 13.6. The number of carbonyl (C=O) groups excluding carboxylic acids is 3. The Balaban J connectivity index is 1.83. The molecule has 0 unspecified atom stereocenters. The minimum atomic E-state index is -0.612. The quantitative estimate of drug-likeness (QED) is 0.732. The summed E-state index contributed by atoms with van der Waals surface area (Å²) in [6.45, 7) is 10.2. The van der Waals surface area contributed by atoms with Crippen LogP contribution >= 0.6 is 0 Å². The Morgan fingerprint density at radius 3 is 2.45 bits per heavy atom. The van der Waals surface area contributed by atoms with Crippen LogP contribution in [0.5, 0.6) is 0 Å². The number of fused-ring (bicyclic) bond motifs is 5. The van der Waals surface area contributed by atoms with Gasteiger partial charge in [0.1, 0.15) is 6.04 Å². The van der Waals surface area contributed by atoms with Gasteiger partial charge in [0, 0.05) is 17.6 Å². The van der Waals surface area contributed by atoms with Crippen molar-refractivity contribution in [2.45, 2.75) is 59.5 Å². The molecule has 5 heteroatoms. The predicted octanol–water partition coefficient (Wildman–Crippen LogP) is 3.60. The molecular weight excluding hydrogens is 364 g/mol. The van der Waals surface area contributed by atoms with Gasteiger partial charge >= 0.3 is 0 Å². The number of anilines is 1. The van der Waals surface area contributed by atoms with E-state index in [1.165, 1.54) is 4.90 Å². The van der Waals surface area contributed by atoms with E-state index in [2.05, 4.69) is 11.0 Å². The Kier molecular flexibility index (Phi) is 4.67. The summed E-state index contributed by atoms with van der Waals surface area (Å²) in [5, 5.41) is 0. The third-order valence-electron chi connectivity index (χ3n) is 6.50. The zero-order chi connectivity index (χ0) is 21.1. The summed E-state index contributed by atoms with van der Waals surface area (Å²) < 4.78 is 0. The van der Waals surface area contributed by atoms with Gasteiger partial charge in [-0.05, 0) is 31.0 Å². The first-order chi connectivity index (χ1) is 13.7. The Hall–Kier alpha value is -2.43. The average molecular weight is 395 g/mol. The summed E-state index contributed by atoms with van der Waals surface area (Å²) in [6.07, 6.45) is 5.76. The molecule has 0 N–H and O–H groups in total. The summed E-state index contributed by atoms with van der Waals surface area (Å²) in [4.78, 5) is 43.7. The number of ketones is 1. The molecule has 0 aromatic heterocycles. The van der Waals surface area contributed by atoms with Gasteiger partial charge in [0.25, 0.3) is 0 Å². The lowest BCUT2D eigenvalue weighted by Gasteiger charge is -2.38. The lowest BCUT2D eigenvalue weighted by atomic mass is 9.79. The number of imide groups is 1. The van der Waals surface area contributed by atoms with Gasteiger partial charge in [-0.3, -0.25) is 19.3 Å². The van der Waals surface area contributed by atoms with Crippen LogP contribution in [0.1, 0.15) is 51.7 Å². The first-order valence-corrected chi connectivity index (χ1v) is 10.6. The van der Waals surface area contributed by atoms with Crippen LogP contribution in [0.4, 0.5) is 5.69 Å². The molecule has 0 spiro atoms. The summed E-state index contributed by atoms with van der Waals surface area (Å²) >= 11 is 0. The van der Waals surface area contributed by atoms with Crippen LogP contribution < -0.4 is 4.90 Å². The van der Waals surface area contributed by atoms with E-state index < -0.39 is 23.3 Å². The number of likely N-dealkylation sites (tertiary alicyclic amines) is 1. The molecule has 0 radical (unpaired) electrons. The largest absolute Gasteiger partial charge is 0.353 e. The van der Waals surface area contributed by atoms with Gasteiger partial charge in [-0.2, -0.15) is 0 Å². The van der Waals surface area contributed by atoms with Crippen molar-refractivity contribution in [1.82, 2.24) is 4.90 Å². The highest BCUT2D eigenvalue weighted by Gasteiger charge is 2.64. The van der Waals surface area contributed by atoms with Crippen molar-refractivity contribution in [1.29, 1.82) is 0 Å². The lowest BCUT2D eigenvalue weighted by molar-refractivity contribution is -0.142. The van der Waals surface area contributed by atoms with E-state index in [-0.39, 0.29) is 23.6 Å². The molecule has 5 nitrogen and oxygen atoms in total. The molecule has 154 valence electrons. The van der Waals surface area contributed by atoms with Crippen LogP contribution in [0.3, 0.4) is 0 Å². The van der Waals surface area contributed by atoms with Crippen molar-refractivity contribution in [2.75, 3.05) is 11.4 Å². The molecule has 1 aromatic rings. The second-order valence-electron chi connectivity index (χ2n) is 9.61. The highest BCUT2D eigenvalue weighted by molar-refractivity contribution is 6.11. The topological polar surface area (TPSA) is 57.7 Å². The van der Waals surface area contributed by atoms with Crippen molar-refractivity contribution in [3.05, 3.63) is 35.4 Å². The minimum absolute atomic E-state index is 0.0234. The van der Waals surface area contributed by atoms with E-state index in [9.17, 15) is 14.4 Å². The molecule has 3 aliphatic rings. The van der Waals surface area contributed by atoms with Crippen molar-refractivity contribution >= 4 is 29.4 Å². The highest BCUT2D eigenvalue weighted by Crippen LogP contribution is 2.49. The smallest absolute Gasteiger partial charge is 0.235 e. The number of hydrogen-bond donors (Lipinski definition) is 0. The van der Waals surface area contributed by atoms with Crippen LogP contribution in [0.2, 0.25) is 0 Å². The van der Waals surface area contributed by atoms with Gasteiger partial charge < -0.3 is 4.90 Å². The molecule has 4 atom stereocenters. The van der Waals surface area contributed by atoms with E-state index in [1.54, 1.807) is 0 Å². The number of rotatable bonds is 4. The van der Waals surface area contributed by atoms with Crippen molar-refractivity contribution < 1.29 is 14.4 Å². The van der Waals surface area contributed by atoms with Crippen molar-refractivity contribution in [2.24, 2.45) is 17.3 Å². The van der Waals surface area contributed by atoms with Crippen LogP contribution in [-0.4, -0.2) is 41.1 Å². The normalized spacial score (nSPS) is 27.9. The molecular formula is C24H30N2O3. The molecule has 4 rings (SSSR count). The summed E-state index contributed by atoms with van der Waals surface area (Å²) in [5.41, 5.74) is 2.52. The zero-order valence-corrected chi connectivity index (χ0v) is 17.9.